The Balaban J connectivity index is 2.10. The van der Waals surface area contributed by atoms with Gasteiger partial charge in [0, 0.05) is 11.3 Å². The zero-order valence-electron chi connectivity index (χ0n) is 9.32. The van der Waals surface area contributed by atoms with E-state index in [4.69, 9.17) is 0 Å². The lowest BCUT2D eigenvalue weighted by Gasteiger charge is -2.12. The molecular formula is C13H11F3OS. The maximum atomic E-state index is 12.4. The van der Waals surface area contributed by atoms with Crippen LogP contribution in [0.4, 0.5) is 13.2 Å². The average Bonchev–Trinajstić information content (AvgIpc) is 2.81. The van der Waals surface area contributed by atoms with E-state index in [1.54, 1.807) is 0 Å². The largest absolute Gasteiger partial charge is 0.416 e. The molecule has 2 aromatic rings. The van der Waals surface area contributed by atoms with Crippen molar-refractivity contribution in [2.75, 3.05) is 0 Å². The molecule has 1 heterocycles. The van der Waals surface area contributed by atoms with Gasteiger partial charge in [0.2, 0.25) is 0 Å². The molecule has 0 amide bonds. The lowest BCUT2D eigenvalue weighted by atomic mass is 10.0. The number of hydrogen-bond acceptors (Lipinski definition) is 2. The van der Waals surface area contributed by atoms with E-state index < -0.39 is 17.8 Å². The molecule has 0 aliphatic heterocycles. The van der Waals surface area contributed by atoms with E-state index in [2.05, 4.69) is 0 Å². The fourth-order valence-electron chi connectivity index (χ4n) is 1.63. The Morgan fingerprint density at radius 3 is 2.28 bits per heavy atom. The van der Waals surface area contributed by atoms with Crippen molar-refractivity contribution in [1.29, 1.82) is 0 Å². The molecule has 96 valence electrons. The van der Waals surface area contributed by atoms with E-state index in [0.29, 0.717) is 12.0 Å². The van der Waals surface area contributed by atoms with Crippen molar-refractivity contribution in [1.82, 2.24) is 0 Å². The van der Waals surface area contributed by atoms with Gasteiger partial charge in [-0.05, 0) is 29.1 Å². The van der Waals surface area contributed by atoms with Gasteiger partial charge < -0.3 is 5.11 Å². The molecule has 2 rings (SSSR count). The molecule has 0 saturated carbocycles. The smallest absolute Gasteiger partial charge is 0.388 e. The molecule has 0 aliphatic carbocycles. The van der Waals surface area contributed by atoms with Gasteiger partial charge in [-0.3, -0.25) is 0 Å². The summed E-state index contributed by atoms with van der Waals surface area (Å²) in [7, 11) is 0. The van der Waals surface area contributed by atoms with Gasteiger partial charge in [0.1, 0.15) is 0 Å². The van der Waals surface area contributed by atoms with E-state index in [1.165, 1.54) is 23.5 Å². The predicted octanol–water partition coefficient (Wildman–Crippen LogP) is 4.04. The minimum atomic E-state index is -4.34. The number of rotatable bonds is 3. The van der Waals surface area contributed by atoms with Gasteiger partial charge in [0.05, 0.1) is 11.7 Å². The van der Waals surface area contributed by atoms with Crippen molar-refractivity contribution in [3.8, 4) is 0 Å². The molecule has 0 radical (unpaired) electrons. The minimum Gasteiger partial charge on any atom is -0.388 e. The zero-order chi connectivity index (χ0) is 13.2. The van der Waals surface area contributed by atoms with E-state index in [1.807, 2.05) is 17.5 Å². The highest BCUT2D eigenvalue weighted by Crippen LogP contribution is 2.30. The summed E-state index contributed by atoms with van der Waals surface area (Å²) < 4.78 is 37.1. The molecule has 0 spiro atoms. The van der Waals surface area contributed by atoms with Crippen LogP contribution in [0, 0.1) is 0 Å². The van der Waals surface area contributed by atoms with Crippen LogP contribution < -0.4 is 0 Å². The van der Waals surface area contributed by atoms with Crippen molar-refractivity contribution in [3.05, 3.63) is 57.8 Å². The third kappa shape index (κ3) is 3.11. The SMILES string of the molecule is OC(Cc1cccs1)c1ccc(C(F)(F)F)cc1. The second-order valence-electron chi connectivity index (χ2n) is 3.92. The van der Waals surface area contributed by atoms with Crippen molar-refractivity contribution in [3.63, 3.8) is 0 Å². The second-order valence-corrected chi connectivity index (χ2v) is 4.95. The van der Waals surface area contributed by atoms with Crippen LogP contribution >= 0.6 is 11.3 Å². The summed E-state index contributed by atoms with van der Waals surface area (Å²) in [4.78, 5) is 1.00. The number of aliphatic hydroxyl groups is 1. The number of hydrogen-bond donors (Lipinski definition) is 1. The Morgan fingerprint density at radius 2 is 1.78 bits per heavy atom. The molecule has 1 aromatic carbocycles. The number of halogens is 3. The van der Waals surface area contributed by atoms with Gasteiger partial charge in [0.15, 0.2) is 0 Å². The highest BCUT2D eigenvalue weighted by atomic mass is 32.1. The van der Waals surface area contributed by atoms with Crippen LogP contribution in [0.1, 0.15) is 22.1 Å². The molecule has 18 heavy (non-hydrogen) atoms. The maximum absolute atomic E-state index is 12.4. The Bertz CT molecular complexity index is 488. The molecule has 1 unspecified atom stereocenters. The van der Waals surface area contributed by atoms with Crippen LogP contribution in [0.2, 0.25) is 0 Å². The predicted molar refractivity (Wildman–Crippen MR) is 64.4 cm³/mol. The molecule has 0 fully saturated rings. The Kier molecular flexibility index (Phi) is 3.73. The molecule has 5 heteroatoms. The summed E-state index contributed by atoms with van der Waals surface area (Å²) >= 11 is 1.51. The van der Waals surface area contributed by atoms with E-state index >= 15 is 0 Å². The summed E-state index contributed by atoms with van der Waals surface area (Å²) in [6.07, 6.45) is -4.69. The molecule has 1 nitrogen and oxygen atoms in total. The highest BCUT2D eigenvalue weighted by Gasteiger charge is 2.30. The van der Waals surface area contributed by atoms with E-state index in [-0.39, 0.29) is 0 Å². The molecule has 0 saturated heterocycles. The standard InChI is InChI=1S/C13H11F3OS/c14-13(15,16)10-5-3-9(4-6-10)12(17)8-11-2-1-7-18-11/h1-7,12,17H,8H2. The van der Waals surface area contributed by atoms with Crippen LogP contribution in [-0.2, 0) is 12.6 Å². The van der Waals surface area contributed by atoms with Crippen LogP contribution in [0.3, 0.4) is 0 Å². The number of alkyl halides is 3. The maximum Gasteiger partial charge on any atom is 0.416 e. The van der Waals surface area contributed by atoms with Crippen molar-refractivity contribution in [2.45, 2.75) is 18.7 Å². The first-order valence-corrected chi connectivity index (χ1v) is 6.22. The number of thiophene rings is 1. The van der Waals surface area contributed by atoms with Gasteiger partial charge in [-0.25, -0.2) is 0 Å². The van der Waals surface area contributed by atoms with Gasteiger partial charge in [-0.2, -0.15) is 13.2 Å². The fraction of sp³-hybridized carbons (Fsp3) is 0.231. The van der Waals surface area contributed by atoms with Gasteiger partial charge >= 0.3 is 6.18 Å². The molecule has 1 N–H and O–H groups in total. The summed E-state index contributed by atoms with van der Waals surface area (Å²) in [5, 5.41) is 11.8. The topological polar surface area (TPSA) is 20.2 Å². The molecule has 1 aromatic heterocycles. The van der Waals surface area contributed by atoms with E-state index in [9.17, 15) is 18.3 Å². The zero-order valence-corrected chi connectivity index (χ0v) is 10.1. The van der Waals surface area contributed by atoms with Gasteiger partial charge in [0.25, 0.3) is 0 Å². The van der Waals surface area contributed by atoms with Crippen molar-refractivity contribution < 1.29 is 18.3 Å². The first-order valence-electron chi connectivity index (χ1n) is 5.34. The normalized spacial score (nSPS) is 13.6. The van der Waals surface area contributed by atoms with Crippen LogP contribution in [0.5, 0.6) is 0 Å². The highest BCUT2D eigenvalue weighted by molar-refractivity contribution is 7.09. The van der Waals surface area contributed by atoms with Crippen molar-refractivity contribution in [2.24, 2.45) is 0 Å². The van der Waals surface area contributed by atoms with Gasteiger partial charge in [-0.15, -0.1) is 11.3 Å². The summed E-state index contributed by atoms with van der Waals surface area (Å²) in [5.41, 5.74) is -0.203. The Labute approximate surface area is 107 Å². The first kappa shape index (κ1) is 13.1. The Morgan fingerprint density at radius 1 is 1.11 bits per heavy atom. The van der Waals surface area contributed by atoms with Crippen LogP contribution in [-0.4, -0.2) is 5.11 Å². The minimum absolute atomic E-state index is 0.420. The van der Waals surface area contributed by atoms with Crippen molar-refractivity contribution >= 4 is 11.3 Å². The van der Waals surface area contributed by atoms with Crippen LogP contribution in [0.15, 0.2) is 41.8 Å². The second kappa shape index (κ2) is 5.12. The van der Waals surface area contributed by atoms with E-state index in [0.717, 1.165) is 17.0 Å². The Hall–Kier alpha value is -1.33. The summed E-state index contributed by atoms with van der Waals surface area (Å²) in [6.45, 7) is 0. The first-order chi connectivity index (χ1) is 8.47. The van der Waals surface area contributed by atoms with Gasteiger partial charge in [-0.1, -0.05) is 18.2 Å². The lowest BCUT2D eigenvalue weighted by molar-refractivity contribution is -0.137. The number of aliphatic hydroxyl groups excluding tert-OH is 1. The molecular weight excluding hydrogens is 261 g/mol. The quantitative estimate of drug-likeness (QED) is 0.894. The monoisotopic (exact) mass is 272 g/mol. The summed E-state index contributed by atoms with van der Waals surface area (Å²) in [6, 6.07) is 8.39. The summed E-state index contributed by atoms with van der Waals surface area (Å²) in [5.74, 6) is 0. The lowest BCUT2D eigenvalue weighted by Crippen LogP contribution is -2.06. The average molecular weight is 272 g/mol. The number of benzene rings is 1. The van der Waals surface area contributed by atoms with Crippen LogP contribution in [0.25, 0.3) is 0 Å². The molecule has 0 aliphatic rings. The fourth-order valence-corrected chi connectivity index (χ4v) is 2.37. The molecule has 1 atom stereocenters. The molecule has 0 bridgehead atoms. The third-order valence-electron chi connectivity index (χ3n) is 2.60. The third-order valence-corrected chi connectivity index (χ3v) is 3.50.